The molecule has 4 heterocycles. The Bertz CT molecular complexity index is 1600. The van der Waals surface area contributed by atoms with Crippen molar-refractivity contribution < 1.29 is 98.5 Å². The van der Waals surface area contributed by atoms with E-state index in [4.69, 9.17) is 37.9 Å². The van der Waals surface area contributed by atoms with Gasteiger partial charge < -0.3 is 89.0 Å². The lowest BCUT2D eigenvalue weighted by Gasteiger charge is -2.43. The number of hydrogen-bond donors (Lipinski definition) is 10. The number of hydrogen-bond acceptors (Lipinski definition) is 20. The second kappa shape index (κ2) is 21.0. The summed E-state index contributed by atoms with van der Waals surface area (Å²) < 4.78 is 45.5. The van der Waals surface area contributed by atoms with Gasteiger partial charge in [-0.05, 0) is 49.0 Å². The molecule has 0 radical (unpaired) electrons. The predicted molar refractivity (Wildman–Crippen MR) is 208 cm³/mol. The minimum Gasteiger partial charge on any atom is -0.472 e. The van der Waals surface area contributed by atoms with Gasteiger partial charge in [-0.1, -0.05) is 40.2 Å². The monoisotopic (exact) mass is 888 g/mol. The fraction of sp³-hybridized carbons (Fsp3) is 0.810. The molecular weight excluding hydrogens is 824 g/mol. The van der Waals surface area contributed by atoms with E-state index in [-0.39, 0.29) is 55.0 Å². The van der Waals surface area contributed by atoms with Gasteiger partial charge in [0.2, 0.25) is 12.6 Å². The summed E-state index contributed by atoms with van der Waals surface area (Å²) in [5.74, 6) is -3.76. The maximum absolute atomic E-state index is 13.3. The summed E-state index contributed by atoms with van der Waals surface area (Å²) in [6, 6.07) is 0. The summed E-state index contributed by atoms with van der Waals surface area (Å²) in [4.78, 5) is 26.6. The summed E-state index contributed by atoms with van der Waals surface area (Å²) in [5, 5.41) is 102. The summed E-state index contributed by atoms with van der Waals surface area (Å²) in [6.45, 7) is 8.71. The van der Waals surface area contributed by atoms with Crippen LogP contribution >= 0.6 is 0 Å². The number of rotatable bonds is 17. The van der Waals surface area contributed by atoms with Gasteiger partial charge in [-0.15, -0.1) is 0 Å². The number of ether oxygens (including phenoxy) is 8. The van der Waals surface area contributed by atoms with Crippen molar-refractivity contribution in [3.8, 4) is 0 Å². The van der Waals surface area contributed by atoms with E-state index in [0.29, 0.717) is 12.0 Å². The van der Waals surface area contributed by atoms with Gasteiger partial charge in [0.1, 0.15) is 48.8 Å². The average molecular weight is 889 g/mol. The largest absolute Gasteiger partial charge is 0.472 e. The predicted octanol–water partition coefficient (Wildman–Crippen LogP) is -1.79. The van der Waals surface area contributed by atoms with Gasteiger partial charge in [0, 0.05) is 17.8 Å². The van der Waals surface area contributed by atoms with Crippen LogP contribution in [0.3, 0.4) is 0 Å². The lowest BCUT2D eigenvalue weighted by atomic mass is 9.83. The smallest absolute Gasteiger partial charge is 0.337 e. The van der Waals surface area contributed by atoms with Crippen LogP contribution in [-0.4, -0.2) is 176 Å². The van der Waals surface area contributed by atoms with Crippen LogP contribution < -0.4 is 0 Å². The lowest BCUT2D eigenvalue weighted by Crippen LogP contribution is -2.60. The SMILES string of the molecule is C=C1C(O)CC2C(C(=O)OCCC(C)CCCC(C)COC(=O)C3=COC(OC4OC(CO)C(O)C(O)C4O)C4C3CC(O)C4C)=COC(OC3OC(CO)C(O)C(O)C3O)C12. The highest BCUT2D eigenvalue weighted by Crippen LogP contribution is 2.49. The van der Waals surface area contributed by atoms with Gasteiger partial charge in [0.25, 0.3) is 0 Å². The lowest BCUT2D eigenvalue weighted by molar-refractivity contribution is -0.342. The van der Waals surface area contributed by atoms with Gasteiger partial charge in [-0.25, -0.2) is 9.59 Å². The van der Waals surface area contributed by atoms with Crippen LogP contribution in [0.15, 0.2) is 35.8 Å². The van der Waals surface area contributed by atoms with Crippen molar-refractivity contribution in [3.63, 3.8) is 0 Å². The van der Waals surface area contributed by atoms with Crippen molar-refractivity contribution in [2.45, 2.75) is 145 Å². The first-order chi connectivity index (χ1) is 29.5. The first kappa shape index (κ1) is 48.7. The molecule has 352 valence electrons. The molecule has 62 heavy (non-hydrogen) atoms. The minimum atomic E-state index is -1.68. The Balaban J connectivity index is 0.921. The van der Waals surface area contributed by atoms with Crippen molar-refractivity contribution in [2.24, 2.45) is 41.4 Å². The zero-order valence-corrected chi connectivity index (χ0v) is 35.1. The molecule has 0 amide bonds. The number of carbonyl (C=O) groups is 2. The zero-order chi connectivity index (χ0) is 45.2. The van der Waals surface area contributed by atoms with Gasteiger partial charge >= 0.3 is 11.9 Å². The van der Waals surface area contributed by atoms with E-state index in [9.17, 15) is 60.7 Å². The molecule has 2 saturated carbocycles. The molecule has 0 bridgehead atoms. The molecule has 10 N–H and O–H groups in total. The standard InChI is InChI=1S/C42H64O20/c1-17(8-9-55-37(53)23-15-57-39(29-19(3)25(45)10-21(23)29)61-41-35(51)33(49)31(47)27(12-43)59-41)6-5-7-18(2)14-56-38(54)24-16-58-40(30-20(4)26(46)11-22(24)30)62-42-36(52)34(50)32(48)28(13-44)60-42/h15-18,20-22,25-36,39-52H,3,5-14H2,1-2,4H3. The number of aliphatic hydroxyl groups excluding tert-OH is 10. The van der Waals surface area contributed by atoms with E-state index in [2.05, 4.69) is 6.58 Å². The van der Waals surface area contributed by atoms with Crippen molar-refractivity contribution >= 4 is 11.9 Å². The molecule has 20 nitrogen and oxygen atoms in total. The van der Waals surface area contributed by atoms with E-state index in [0.717, 1.165) is 19.3 Å². The Hall–Kier alpha value is -2.80. The molecule has 0 spiro atoms. The third-order valence-corrected chi connectivity index (χ3v) is 13.4. The Kier molecular flexibility index (Phi) is 16.5. The Morgan fingerprint density at radius 1 is 0.694 bits per heavy atom. The van der Waals surface area contributed by atoms with E-state index >= 15 is 0 Å². The molecule has 21 unspecified atom stereocenters. The summed E-state index contributed by atoms with van der Waals surface area (Å²) in [6.07, 6.45) is -13.4. The molecule has 4 aliphatic heterocycles. The van der Waals surface area contributed by atoms with E-state index < -0.39 is 135 Å². The highest BCUT2D eigenvalue weighted by Gasteiger charge is 2.55. The normalized spacial score (nSPS) is 42.7. The molecule has 6 aliphatic rings. The van der Waals surface area contributed by atoms with Crippen molar-refractivity contribution in [1.29, 1.82) is 0 Å². The van der Waals surface area contributed by atoms with Gasteiger partial charge in [0.05, 0.1) is 68.2 Å². The highest BCUT2D eigenvalue weighted by molar-refractivity contribution is 5.89. The van der Waals surface area contributed by atoms with Crippen LogP contribution in [0.4, 0.5) is 0 Å². The maximum atomic E-state index is 13.3. The minimum absolute atomic E-state index is 0.0106. The fourth-order valence-electron chi connectivity index (χ4n) is 9.40. The van der Waals surface area contributed by atoms with Gasteiger partial charge in [0.15, 0.2) is 12.6 Å². The number of aliphatic hydroxyl groups is 10. The Morgan fingerprint density at radius 3 is 1.82 bits per heavy atom. The number of esters is 2. The molecule has 4 fully saturated rings. The second-order valence-electron chi connectivity index (χ2n) is 17.8. The molecule has 0 aromatic carbocycles. The number of carbonyl (C=O) groups excluding carboxylic acids is 2. The molecule has 21 atom stereocenters. The first-order valence-electron chi connectivity index (χ1n) is 21.5. The van der Waals surface area contributed by atoms with Crippen LogP contribution in [-0.2, 0) is 47.5 Å². The quantitative estimate of drug-likeness (QED) is 0.0569. The van der Waals surface area contributed by atoms with Crippen molar-refractivity contribution in [3.05, 3.63) is 35.8 Å². The third kappa shape index (κ3) is 10.3. The van der Waals surface area contributed by atoms with Crippen molar-refractivity contribution in [2.75, 3.05) is 26.4 Å². The van der Waals surface area contributed by atoms with Crippen molar-refractivity contribution in [1.82, 2.24) is 0 Å². The highest BCUT2D eigenvalue weighted by atomic mass is 16.8. The maximum Gasteiger partial charge on any atom is 0.337 e. The molecule has 0 aromatic rings. The second-order valence-corrected chi connectivity index (χ2v) is 17.8. The summed E-state index contributed by atoms with van der Waals surface area (Å²) in [5.41, 5.74) is 0.765. The number of fused-ring (bicyclic) bond motifs is 2. The molecule has 20 heteroatoms. The van der Waals surface area contributed by atoms with Crippen LogP contribution in [0, 0.1) is 41.4 Å². The van der Waals surface area contributed by atoms with Crippen LogP contribution in [0.25, 0.3) is 0 Å². The summed E-state index contributed by atoms with van der Waals surface area (Å²) in [7, 11) is 0. The summed E-state index contributed by atoms with van der Waals surface area (Å²) >= 11 is 0. The Labute approximate surface area is 359 Å². The molecule has 0 aromatic heterocycles. The molecule has 2 aliphatic carbocycles. The van der Waals surface area contributed by atoms with Gasteiger partial charge in [-0.3, -0.25) is 0 Å². The topological polar surface area (TPSA) is 310 Å². The zero-order valence-electron chi connectivity index (χ0n) is 35.1. The first-order valence-corrected chi connectivity index (χ1v) is 21.5. The molecule has 2 saturated heterocycles. The Morgan fingerprint density at radius 2 is 1.23 bits per heavy atom. The van der Waals surface area contributed by atoms with E-state index in [1.807, 2.05) is 13.8 Å². The van der Waals surface area contributed by atoms with Gasteiger partial charge in [-0.2, -0.15) is 0 Å². The van der Waals surface area contributed by atoms with Crippen LogP contribution in [0.2, 0.25) is 0 Å². The van der Waals surface area contributed by atoms with Crippen LogP contribution in [0.5, 0.6) is 0 Å². The van der Waals surface area contributed by atoms with E-state index in [1.54, 1.807) is 6.92 Å². The molecule has 6 rings (SSSR count). The average Bonchev–Trinajstić information content (AvgIpc) is 3.72. The van der Waals surface area contributed by atoms with Crippen LogP contribution in [0.1, 0.15) is 59.3 Å². The fourth-order valence-corrected chi connectivity index (χ4v) is 9.40. The molecular formula is C42H64O20. The van der Waals surface area contributed by atoms with E-state index in [1.165, 1.54) is 12.5 Å². The third-order valence-electron chi connectivity index (χ3n) is 13.4.